The second-order valence-corrected chi connectivity index (χ2v) is 7.48. The molecular formula is C19H22N4O3. The molecule has 0 unspecified atom stereocenters. The molecule has 1 atom stereocenters. The minimum atomic E-state index is -1.07. The van der Waals surface area contributed by atoms with E-state index in [1.807, 2.05) is 26.0 Å². The SMILES string of the molecule is CC(C)c1noc(CN2C(=O)N[C@@](C)(c3ccc4c(c3)CCC4)C2=O)n1. The topological polar surface area (TPSA) is 88.3 Å². The quantitative estimate of drug-likeness (QED) is 0.853. The number of aromatic nitrogens is 2. The average molecular weight is 354 g/mol. The van der Waals surface area contributed by atoms with Crippen molar-refractivity contribution in [3.8, 4) is 0 Å². The molecule has 1 aromatic carbocycles. The number of amides is 3. The van der Waals surface area contributed by atoms with Crippen LogP contribution < -0.4 is 5.32 Å². The van der Waals surface area contributed by atoms with Gasteiger partial charge in [0.05, 0.1) is 0 Å². The van der Waals surface area contributed by atoms with Crippen LogP contribution in [-0.2, 0) is 29.7 Å². The van der Waals surface area contributed by atoms with Crippen molar-refractivity contribution in [2.24, 2.45) is 0 Å². The van der Waals surface area contributed by atoms with Gasteiger partial charge >= 0.3 is 6.03 Å². The van der Waals surface area contributed by atoms with Crippen molar-refractivity contribution in [3.63, 3.8) is 0 Å². The van der Waals surface area contributed by atoms with Crippen LogP contribution in [0.4, 0.5) is 4.79 Å². The largest absolute Gasteiger partial charge is 0.337 e. The van der Waals surface area contributed by atoms with Crippen molar-refractivity contribution in [3.05, 3.63) is 46.6 Å². The Balaban J connectivity index is 1.59. The van der Waals surface area contributed by atoms with Crippen LogP contribution in [0.25, 0.3) is 0 Å². The first-order chi connectivity index (χ1) is 12.4. The molecule has 3 amide bonds. The Morgan fingerprint density at radius 2 is 2.04 bits per heavy atom. The smallest absolute Gasteiger partial charge is 0.325 e. The van der Waals surface area contributed by atoms with Crippen molar-refractivity contribution in [1.82, 2.24) is 20.4 Å². The highest BCUT2D eigenvalue weighted by atomic mass is 16.5. The fourth-order valence-electron chi connectivity index (χ4n) is 3.62. The zero-order valence-corrected chi connectivity index (χ0v) is 15.2. The summed E-state index contributed by atoms with van der Waals surface area (Å²) in [5.41, 5.74) is 2.34. The number of nitrogens with one attached hydrogen (secondary N) is 1. The predicted octanol–water partition coefficient (Wildman–Crippen LogP) is 2.65. The fraction of sp³-hybridized carbons (Fsp3) is 0.474. The van der Waals surface area contributed by atoms with Crippen molar-refractivity contribution < 1.29 is 14.1 Å². The molecule has 0 saturated carbocycles. The molecule has 136 valence electrons. The van der Waals surface area contributed by atoms with Crippen molar-refractivity contribution >= 4 is 11.9 Å². The highest BCUT2D eigenvalue weighted by Gasteiger charge is 2.49. The maximum atomic E-state index is 13.0. The van der Waals surface area contributed by atoms with E-state index in [0.717, 1.165) is 29.7 Å². The van der Waals surface area contributed by atoms with Gasteiger partial charge in [0.1, 0.15) is 12.1 Å². The van der Waals surface area contributed by atoms with E-state index in [-0.39, 0.29) is 24.3 Å². The van der Waals surface area contributed by atoms with E-state index in [4.69, 9.17) is 4.52 Å². The molecule has 4 rings (SSSR count). The van der Waals surface area contributed by atoms with Gasteiger partial charge in [-0.1, -0.05) is 37.2 Å². The Hall–Kier alpha value is -2.70. The number of imide groups is 1. The van der Waals surface area contributed by atoms with Gasteiger partial charge in [0.15, 0.2) is 5.82 Å². The van der Waals surface area contributed by atoms with E-state index in [0.29, 0.717) is 5.82 Å². The molecule has 2 aliphatic rings. The number of carbonyl (C=O) groups is 2. The maximum absolute atomic E-state index is 13.0. The highest BCUT2D eigenvalue weighted by Crippen LogP contribution is 2.33. The molecular weight excluding hydrogens is 332 g/mol. The van der Waals surface area contributed by atoms with E-state index in [1.54, 1.807) is 6.92 Å². The molecule has 1 aliphatic heterocycles. The van der Waals surface area contributed by atoms with Gasteiger partial charge in [-0.05, 0) is 42.9 Å². The van der Waals surface area contributed by atoms with Crippen molar-refractivity contribution in [2.75, 3.05) is 0 Å². The third kappa shape index (κ3) is 2.58. The van der Waals surface area contributed by atoms with Crippen molar-refractivity contribution in [1.29, 1.82) is 0 Å². The standard InChI is InChI=1S/C19H22N4O3/c1-11(2)16-20-15(26-22-16)10-23-17(24)19(3,21-18(23)25)14-8-7-12-5-4-6-13(12)9-14/h7-9,11H,4-6,10H2,1-3H3,(H,21,25)/t19-/m0/s1. The summed E-state index contributed by atoms with van der Waals surface area (Å²) in [5, 5.41) is 6.72. The van der Waals surface area contributed by atoms with Crippen LogP contribution in [0.5, 0.6) is 0 Å². The summed E-state index contributed by atoms with van der Waals surface area (Å²) in [6.07, 6.45) is 3.23. The summed E-state index contributed by atoms with van der Waals surface area (Å²) < 4.78 is 5.18. The lowest BCUT2D eigenvalue weighted by molar-refractivity contribution is -0.131. The van der Waals surface area contributed by atoms with Crippen LogP contribution >= 0.6 is 0 Å². The molecule has 7 heteroatoms. The number of nitrogens with zero attached hydrogens (tertiary/aromatic N) is 3. The van der Waals surface area contributed by atoms with Crippen LogP contribution in [0.3, 0.4) is 0 Å². The molecule has 1 N–H and O–H groups in total. The summed E-state index contributed by atoms with van der Waals surface area (Å²) >= 11 is 0. The third-order valence-corrected chi connectivity index (χ3v) is 5.24. The molecule has 2 heterocycles. The van der Waals surface area contributed by atoms with E-state index < -0.39 is 11.6 Å². The first-order valence-electron chi connectivity index (χ1n) is 8.97. The first-order valence-corrected chi connectivity index (χ1v) is 8.97. The molecule has 1 fully saturated rings. The molecule has 1 saturated heterocycles. The summed E-state index contributed by atoms with van der Waals surface area (Å²) in [6, 6.07) is 5.61. The highest BCUT2D eigenvalue weighted by molar-refractivity contribution is 6.07. The molecule has 26 heavy (non-hydrogen) atoms. The second kappa shape index (κ2) is 5.93. The Bertz CT molecular complexity index is 889. The lowest BCUT2D eigenvalue weighted by atomic mass is 9.90. The number of hydrogen-bond acceptors (Lipinski definition) is 5. The number of urea groups is 1. The number of carbonyl (C=O) groups excluding carboxylic acids is 2. The number of aryl methyl sites for hydroxylation is 2. The Kier molecular flexibility index (Phi) is 3.82. The number of rotatable bonds is 4. The van der Waals surface area contributed by atoms with Gasteiger partial charge in [0.25, 0.3) is 5.91 Å². The van der Waals surface area contributed by atoms with Gasteiger partial charge in [-0.3, -0.25) is 9.69 Å². The summed E-state index contributed by atoms with van der Waals surface area (Å²) in [7, 11) is 0. The third-order valence-electron chi connectivity index (χ3n) is 5.24. The Labute approximate surface area is 151 Å². The van der Waals surface area contributed by atoms with Gasteiger partial charge in [0, 0.05) is 5.92 Å². The van der Waals surface area contributed by atoms with Crippen LogP contribution in [0, 0.1) is 0 Å². The lowest BCUT2D eigenvalue weighted by Crippen LogP contribution is -2.41. The molecule has 2 aromatic rings. The molecule has 0 spiro atoms. The van der Waals surface area contributed by atoms with E-state index >= 15 is 0 Å². The van der Waals surface area contributed by atoms with Gasteiger partial charge in [-0.25, -0.2) is 4.79 Å². The second-order valence-electron chi connectivity index (χ2n) is 7.48. The van der Waals surface area contributed by atoms with Crippen LogP contribution in [0.1, 0.15) is 61.5 Å². The van der Waals surface area contributed by atoms with E-state index in [2.05, 4.69) is 21.5 Å². The normalized spacial score (nSPS) is 22.2. The molecule has 0 radical (unpaired) electrons. The Morgan fingerprint density at radius 3 is 2.77 bits per heavy atom. The van der Waals surface area contributed by atoms with Gasteiger partial charge in [-0.2, -0.15) is 4.98 Å². The molecule has 0 bridgehead atoms. The van der Waals surface area contributed by atoms with Crippen LogP contribution in [0.2, 0.25) is 0 Å². The Morgan fingerprint density at radius 1 is 1.27 bits per heavy atom. The van der Waals surface area contributed by atoms with Crippen molar-refractivity contribution in [2.45, 2.75) is 58.0 Å². The summed E-state index contributed by atoms with van der Waals surface area (Å²) in [6.45, 7) is 5.63. The number of fused-ring (bicyclic) bond motifs is 1. The number of hydrogen-bond donors (Lipinski definition) is 1. The predicted molar refractivity (Wildman–Crippen MR) is 93.3 cm³/mol. The van der Waals surface area contributed by atoms with Gasteiger partial charge in [-0.15, -0.1) is 0 Å². The fourth-order valence-corrected chi connectivity index (χ4v) is 3.62. The van der Waals surface area contributed by atoms with Crippen LogP contribution in [-0.4, -0.2) is 27.0 Å². The number of benzene rings is 1. The summed E-state index contributed by atoms with van der Waals surface area (Å²) in [4.78, 5) is 30.9. The zero-order valence-electron chi connectivity index (χ0n) is 15.2. The minimum Gasteiger partial charge on any atom is -0.337 e. The van der Waals surface area contributed by atoms with Gasteiger partial charge < -0.3 is 9.84 Å². The molecule has 7 nitrogen and oxygen atoms in total. The van der Waals surface area contributed by atoms with E-state index in [1.165, 1.54) is 11.1 Å². The van der Waals surface area contributed by atoms with Gasteiger partial charge in [0.2, 0.25) is 5.89 Å². The van der Waals surface area contributed by atoms with E-state index in [9.17, 15) is 9.59 Å². The summed E-state index contributed by atoms with van der Waals surface area (Å²) in [5.74, 6) is 0.640. The first kappa shape index (κ1) is 16.8. The monoisotopic (exact) mass is 354 g/mol. The van der Waals surface area contributed by atoms with Crippen LogP contribution in [0.15, 0.2) is 22.7 Å². The average Bonchev–Trinajstić information content (AvgIpc) is 3.30. The minimum absolute atomic E-state index is 0.0229. The maximum Gasteiger partial charge on any atom is 0.325 e. The zero-order chi connectivity index (χ0) is 18.5. The lowest BCUT2D eigenvalue weighted by Gasteiger charge is -2.22. The molecule has 1 aromatic heterocycles. The molecule has 1 aliphatic carbocycles.